The molecule has 0 bridgehead atoms. The molecule has 1 aromatic rings. The molecule has 0 aliphatic rings. The molecule has 0 spiro atoms. The van der Waals surface area contributed by atoms with Crippen molar-refractivity contribution in [2.24, 2.45) is 0 Å². The Morgan fingerprint density at radius 1 is 1.03 bits per heavy atom. The van der Waals surface area contributed by atoms with Crippen LogP contribution in [0.3, 0.4) is 0 Å². The highest BCUT2D eigenvalue weighted by Gasteiger charge is 2.22. The summed E-state index contributed by atoms with van der Waals surface area (Å²) in [6.45, 7) is 1.98. The highest BCUT2D eigenvalue weighted by Crippen LogP contribution is 2.42. The normalized spacial score (nSPS) is 14.1. The second kappa shape index (κ2) is 21.4. The fourth-order valence-corrected chi connectivity index (χ4v) is 6.62. The molecule has 0 aliphatic carbocycles. The molecule has 1 heterocycles. The molecule has 0 aromatic carbocycles. The lowest BCUT2D eigenvalue weighted by Crippen LogP contribution is -2.32. The van der Waals surface area contributed by atoms with Gasteiger partial charge < -0.3 is 25.0 Å². The van der Waals surface area contributed by atoms with Gasteiger partial charge in [0.1, 0.15) is 12.2 Å². The van der Waals surface area contributed by atoms with Crippen LogP contribution in [-0.2, 0) is 20.4 Å². The van der Waals surface area contributed by atoms with Crippen molar-refractivity contribution in [3.05, 3.63) is 22.7 Å². The van der Waals surface area contributed by atoms with Crippen LogP contribution < -0.4 is 11.4 Å². The van der Waals surface area contributed by atoms with E-state index in [2.05, 4.69) is 11.9 Å². The number of nitrogen functional groups attached to an aromatic ring is 1. The van der Waals surface area contributed by atoms with E-state index < -0.39 is 32.3 Å². The van der Waals surface area contributed by atoms with Crippen LogP contribution in [0.2, 0.25) is 0 Å². The van der Waals surface area contributed by atoms with E-state index in [1.165, 1.54) is 86.8 Å². The number of hydrogen-bond acceptors (Lipinski definition) is 9. The molecular weight excluding hydrogens is 521 g/mol. The van der Waals surface area contributed by atoms with Gasteiger partial charge in [0, 0.05) is 17.7 Å². The average molecular weight is 568 g/mol. The molecule has 36 heavy (non-hydrogen) atoms. The molecule has 4 N–H and O–H groups in total. The number of rotatable bonds is 24. The van der Waals surface area contributed by atoms with Crippen molar-refractivity contribution in [3.63, 3.8) is 0 Å². The van der Waals surface area contributed by atoms with Gasteiger partial charge in [0.05, 0.1) is 25.9 Å². The smallest absolute Gasteiger partial charge is 0.353 e. The first kappa shape index (κ1) is 33.5. The van der Waals surface area contributed by atoms with E-state index in [9.17, 15) is 19.4 Å². The van der Waals surface area contributed by atoms with Crippen LogP contribution in [0.1, 0.15) is 84.0 Å². The number of unbranched alkanes of at least 4 members (excludes halogenated alkanes) is 10. The van der Waals surface area contributed by atoms with Gasteiger partial charge >= 0.3 is 13.3 Å². The topological polar surface area (TPSA) is 137 Å². The lowest BCUT2D eigenvalue weighted by molar-refractivity contribution is 0.0167. The lowest BCUT2D eigenvalue weighted by atomic mass is 10.1. The first-order chi connectivity index (χ1) is 17.4. The number of hydrogen-bond donors (Lipinski definition) is 3. The van der Waals surface area contributed by atoms with E-state index in [-0.39, 0.29) is 19.0 Å². The summed E-state index contributed by atoms with van der Waals surface area (Å²) in [5.74, 6) is 2.25. The van der Waals surface area contributed by atoms with Crippen LogP contribution in [0, 0.1) is 0 Å². The van der Waals surface area contributed by atoms with Gasteiger partial charge in [-0.2, -0.15) is 4.98 Å². The number of ether oxygens (including phenoxy) is 1. The predicted molar refractivity (Wildman–Crippen MR) is 152 cm³/mol. The van der Waals surface area contributed by atoms with Crippen LogP contribution in [0.25, 0.3) is 0 Å². The van der Waals surface area contributed by atoms with E-state index in [4.69, 9.17) is 15.0 Å². The van der Waals surface area contributed by atoms with Crippen molar-refractivity contribution in [3.8, 4) is 0 Å². The zero-order valence-corrected chi connectivity index (χ0v) is 24.3. The molecule has 0 fully saturated rings. The van der Waals surface area contributed by atoms with Gasteiger partial charge in [0.15, 0.2) is 0 Å². The summed E-state index contributed by atoms with van der Waals surface area (Å²) in [5.41, 5.74) is 4.87. The fraction of sp³-hybridized carbons (Fsp3) is 0.833. The number of aromatic nitrogens is 2. The van der Waals surface area contributed by atoms with Crippen LogP contribution in [0.15, 0.2) is 17.1 Å². The number of aliphatic hydroxyl groups is 1. The zero-order chi connectivity index (χ0) is 26.5. The SMILES string of the molecule is CCCCCCCCCCCCSSCCCCOP(=O)(O)CO[C@H](CO)Cn1ccc(N)nc1=O. The Morgan fingerprint density at radius 3 is 2.19 bits per heavy atom. The molecule has 1 unspecified atom stereocenters. The maximum Gasteiger partial charge on any atom is 0.353 e. The third-order valence-corrected chi connectivity index (χ3v) is 9.19. The van der Waals surface area contributed by atoms with Gasteiger partial charge in [-0.15, -0.1) is 0 Å². The molecule has 12 heteroatoms. The second-order valence-electron chi connectivity index (χ2n) is 8.89. The van der Waals surface area contributed by atoms with Crippen molar-refractivity contribution < 1.29 is 23.8 Å². The standard InChI is InChI=1S/C24H46N3O6PS2/c1-2-3-4-5-6-7-8-9-10-12-17-35-36-18-13-11-16-33-34(30,31)21-32-22(20-28)19-27-15-14-23(25)26-24(27)29/h14-15,22,28H,2-13,16-21H2,1H3,(H,30,31)(H2,25,26,29)/t22-/m0/s1. The molecule has 0 radical (unpaired) electrons. The Labute approximate surface area is 224 Å². The summed E-state index contributed by atoms with van der Waals surface area (Å²) in [5, 5.41) is 9.46. The minimum Gasteiger partial charge on any atom is -0.394 e. The Morgan fingerprint density at radius 2 is 1.61 bits per heavy atom. The maximum atomic E-state index is 12.2. The molecule has 2 atom stereocenters. The maximum absolute atomic E-state index is 12.2. The van der Waals surface area contributed by atoms with Crippen LogP contribution in [0.5, 0.6) is 0 Å². The molecule has 0 amide bonds. The van der Waals surface area contributed by atoms with E-state index in [1.807, 2.05) is 21.6 Å². The second-order valence-corrected chi connectivity index (χ2v) is 13.4. The van der Waals surface area contributed by atoms with Crippen molar-refractivity contribution in [2.75, 3.05) is 36.8 Å². The summed E-state index contributed by atoms with van der Waals surface area (Å²) in [4.78, 5) is 25.3. The molecule has 210 valence electrons. The van der Waals surface area contributed by atoms with E-state index in [1.54, 1.807) is 0 Å². The van der Waals surface area contributed by atoms with Gasteiger partial charge in [-0.05, 0) is 25.3 Å². The van der Waals surface area contributed by atoms with E-state index in [0.29, 0.717) is 6.42 Å². The Kier molecular flexibility index (Phi) is 19.9. The number of anilines is 1. The Bertz CT molecular complexity index is 786. The minimum absolute atomic E-state index is 0.0172. The fourth-order valence-electron chi connectivity index (χ4n) is 3.44. The monoisotopic (exact) mass is 567 g/mol. The average Bonchev–Trinajstić information content (AvgIpc) is 2.85. The molecule has 9 nitrogen and oxygen atoms in total. The molecule has 1 aromatic heterocycles. The van der Waals surface area contributed by atoms with Gasteiger partial charge in [0.25, 0.3) is 0 Å². The summed E-state index contributed by atoms with van der Waals surface area (Å²) >= 11 is 0. The Hall–Kier alpha value is -0.550. The third kappa shape index (κ3) is 17.8. The van der Waals surface area contributed by atoms with Crippen LogP contribution in [-0.4, -0.2) is 56.7 Å². The van der Waals surface area contributed by atoms with Crippen LogP contribution >= 0.6 is 29.2 Å². The van der Waals surface area contributed by atoms with Gasteiger partial charge in [-0.1, -0.05) is 86.3 Å². The van der Waals surface area contributed by atoms with Gasteiger partial charge in [0.2, 0.25) is 0 Å². The van der Waals surface area contributed by atoms with Crippen LogP contribution in [0.4, 0.5) is 5.82 Å². The highest BCUT2D eigenvalue weighted by atomic mass is 33.1. The quantitative estimate of drug-likeness (QED) is 0.0840. The largest absolute Gasteiger partial charge is 0.394 e. The van der Waals surface area contributed by atoms with Crippen molar-refractivity contribution in [2.45, 2.75) is 96.6 Å². The molecule has 0 aliphatic heterocycles. The van der Waals surface area contributed by atoms with Crippen molar-refractivity contribution in [1.29, 1.82) is 0 Å². The summed E-state index contributed by atoms with van der Waals surface area (Å²) in [7, 11) is -0.192. The van der Waals surface area contributed by atoms with Crippen molar-refractivity contribution in [1.82, 2.24) is 9.55 Å². The summed E-state index contributed by atoms with van der Waals surface area (Å²) in [6, 6.07) is 1.45. The summed E-state index contributed by atoms with van der Waals surface area (Å²) < 4.78 is 23.8. The molecular formula is C24H46N3O6PS2. The van der Waals surface area contributed by atoms with E-state index in [0.717, 1.165) is 12.2 Å². The predicted octanol–water partition coefficient (Wildman–Crippen LogP) is 5.45. The molecule has 0 saturated carbocycles. The van der Waals surface area contributed by atoms with E-state index >= 15 is 0 Å². The lowest BCUT2D eigenvalue weighted by Gasteiger charge is -2.19. The number of nitrogens with two attached hydrogens (primary N) is 1. The zero-order valence-electron chi connectivity index (χ0n) is 21.7. The number of nitrogens with zero attached hydrogens (tertiary/aromatic N) is 2. The van der Waals surface area contributed by atoms with Gasteiger partial charge in [-0.3, -0.25) is 9.13 Å². The van der Waals surface area contributed by atoms with Gasteiger partial charge in [-0.25, -0.2) is 4.79 Å². The first-order valence-corrected chi connectivity index (χ1v) is 17.4. The summed E-state index contributed by atoms with van der Waals surface area (Å²) in [6.07, 6.45) is 15.2. The molecule has 1 rings (SSSR count). The minimum atomic E-state index is -3.94. The van der Waals surface area contributed by atoms with Crippen molar-refractivity contribution >= 4 is 35.0 Å². The third-order valence-electron chi connectivity index (χ3n) is 5.55. The first-order valence-electron chi connectivity index (χ1n) is 13.1. The Balaban J connectivity index is 1.99. The highest BCUT2D eigenvalue weighted by molar-refractivity contribution is 8.76. The number of aliphatic hydroxyl groups excluding tert-OH is 1. The molecule has 0 saturated heterocycles.